The number of methoxy groups -OCH3 is 1. The van der Waals surface area contributed by atoms with Gasteiger partial charge in [-0.2, -0.15) is 0 Å². The van der Waals surface area contributed by atoms with Gasteiger partial charge in [0.15, 0.2) is 0 Å². The van der Waals surface area contributed by atoms with Crippen molar-refractivity contribution in [3.63, 3.8) is 0 Å². The number of hydrogen-bond donors (Lipinski definition) is 3. The Morgan fingerprint density at radius 2 is 1.90 bits per heavy atom. The number of halogens is 3. The van der Waals surface area contributed by atoms with Crippen molar-refractivity contribution in [1.29, 1.82) is 0 Å². The molecule has 0 aliphatic rings. The van der Waals surface area contributed by atoms with Gasteiger partial charge in [0.05, 0.1) is 18.0 Å². The summed E-state index contributed by atoms with van der Waals surface area (Å²) in [5.41, 5.74) is 0.558. The highest BCUT2D eigenvalue weighted by molar-refractivity contribution is 9.10. The smallest absolute Gasteiger partial charge is 0.334 e. The van der Waals surface area contributed by atoms with Gasteiger partial charge < -0.3 is 14.8 Å². The summed E-state index contributed by atoms with van der Waals surface area (Å²) in [5.74, 6) is 0.520. The molecular formula is C18H21BrF2N4O5S. The van der Waals surface area contributed by atoms with Gasteiger partial charge in [-0.1, -0.05) is 15.9 Å². The van der Waals surface area contributed by atoms with E-state index in [1.165, 1.54) is 37.4 Å². The first-order valence-electron chi connectivity index (χ1n) is 8.86. The number of pyridine rings is 1. The number of urea groups is 1. The highest BCUT2D eigenvalue weighted by Crippen LogP contribution is 2.22. The molecule has 0 saturated heterocycles. The Balaban J connectivity index is 2.06. The molecule has 0 atom stereocenters. The summed E-state index contributed by atoms with van der Waals surface area (Å²) in [7, 11) is -2.65. The first kappa shape index (κ1) is 24.8. The quantitative estimate of drug-likeness (QED) is 0.409. The zero-order valence-electron chi connectivity index (χ0n) is 16.6. The number of nitrogens with one attached hydrogen (secondary N) is 3. The molecule has 31 heavy (non-hydrogen) atoms. The molecule has 0 fully saturated rings. The van der Waals surface area contributed by atoms with Crippen LogP contribution in [0.3, 0.4) is 0 Å². The second-order valence-electron chi connectivity index (χ2n) is 6.16. The molecule has 3 N–H and O–H groups in total. The largest absolute Gasteiger partial charge is 0.491 e. The predicted molar refractivity (Wildman–Crippen MR) is 114 cm³/mol. The van der Waals surface area contributed by atoms with Gasteiger partial charge >= 0.3 is 6.03 Å². The van der Waals surface area contributed by atoms with E-state index in [-0.39, 0.29) is 16.5 Å². The zero-order valence-corrected chi connectivity index (χ0v) is 19.0. The van der Waals surface area contributed by atoms with Crippen LogP contribution in [-0.4, -0.2) is 52.7 Å². The summed E-state index contributed by atoms with van der Waals surface area (Å²) in [6.07, 6.45) is -2.59. The minimum Gasteiger partial charge on any atom is -0.491 e. The van der Waals surface area contributed by atoms with Crippen molar-refractivity contribution in [3.8, 4) is 5.75 Å². The third kappa shape index (κ3) is 7.92. The van der Waals surface area contributed by atoms with Gasteiger partial charge in [0, 0.05) is 11.6 Å². The third-order valence-electron chi connectivity index (χ3n) is 3.70. The fourth-order valence-electron chi connectivity index (χ4n) is 2.34. The molecule has 2 amide bonds. The summed E-state index contributed by atoms with van der Waals surface area (Å²) in [5, 5.41) is 4.66. The highest BCUT2D eigenvalue weighted by atomic mass is 79.9. The Morgan fingerprint density at radius 3 is 2.55 bits per heavy atom. The number of carbonyl (C=O) groups is 1. The molecule has 0 radical (unpaired) electrons. The van der Waals surface area contributed by atoms with E-state index in [4.69, 9.17) is 9.47 Å². The molecule has 1 aromatic heterocycles. The lowest BCUT2D eigenvalue weighted by atomic mass is 10.2. The van der Waals surface area contributed by atoms with Gasteiger partial charge in [0.25, 0.3) is 16.4 Å². The number of aryl methyl sites for hydroxylation is 1. The molecule has 2 rings (SSSR count). The molecule has 0 aliphatic heterocycles. The van der Waals surface area contributed by atoms with E-state index < -0.39 is 29.0 Å². The van der Waals surface area contributed by atoms with Crippen LogP contribution in [0, 0.1) is 6.92 Å². The third-order valence-corrected chi connectivity index (χ3v) is 5.48. The van der Waals surface area contributed by atoms with Crippen molar-refractivity contribution in [2.45, 2.75) is 18.2 Å². The SMILES string of the molecule is COCCOc1ccc(S(=O)(=O)NC(=O)Nc2cc(Br)cc(NCC(F)F)n2)cc1C. The average Bonchev–Trinajstić information content (AvgIpc) is 2.66. The number of ether oxygens (including phenoxy) is 2. The van der Waals surface area contributed by atoms with Crippen LogP contribution in [0.25, 0.3) is 0 Å². The van der Waals surface area contributed by atoms with E-state index in [0.29, 0.717) is 29.0 Å². The summed E-state index contributed by atoms with van der Waals surface area (Å²) in [4.78, 5) is 16.0. The van der Waals surface area contributed by atoms with Gasteiger partial charge in [-0.05, 0) is 42.8 Å². The van der Waals surface area contributed by atoms with Crippen LogP contribution in [0.4, 0.5) is 25.2 Å². The van der Waals surface area contributed by atoms with Crippen LogP contribution in [0.2, 0.25) is 0 Å². The van der Waals surface area contributed by atoms with Crippen LogP contribution >= 0.6 is 15.9 Å². The van der Waals surface area contributed by atoms with Gasteiger partial charge in [-0.3, -0.25) is 5.32 Å². The Labute approximate surface area is 186 Å². The molecule has 1 aromatic carbocycles. The van der Waals surface area contributed by atoms with Crippen molar-refractivity contribution >= 4 is 43.6 Å². The molecular weight excluding hydrogens is 502 g/mol. The molecule has 1 heterocycles. The molecule has 9 nitrogen and oxygen atoms in total. The van der Waals surface area contributed by atoms with Gasteiger partial charge in [-0.25, -0.2) is 31.7 Å². The van der Waals surface area contributed by atoms with Crippen molar-refractivity contribution < 1.29 is 31.5 Å². The summed E-state index contributed by atoms with van der Waals surface area (Å²) < 4.78 is 62.4. The molecule has 0 spiro atoms. The van der Waals surface area contributed by atoms with Crippen LogP contribution in [0.5, 0.6) is 5.75 Å². The van der Waals surface area contributed by atoms with Crippen LogP contribution in [0.1, 0.15) is 5.56 Å². The number of sulfonamides is 1. The fraction of sp³-hybridized carbons (Fsp3) is 0.333. The molecule has 2 aromatic rings. The van der Waals surface area contributed by atoms with Crippen LogP contribution in [-0.2, 0) is 14.8 Å². The zero-order chi connectivity index (χ0) is 23.0. The van der Waals surface area contributed by atoms with E-state index in [1.54, 1.807) is 6.92 Å². The Hall–Kier alpha value is -2.51. The lowest BCUT2D eigenvalue weighted by Gasteiger charge is -2.12. The van der Waals surface area contributed by atoms with E-state index in [0.717, 1.165) is 0 Å². The molecule has 0 bridgehead atoms. The fourth-order valence-corrected chi connectivity index (χ4v) is 3.77. The van der Waals surface area contributed by atoms with Crippen molar-refractivity contribution in [1.82, 2.24) is 9.71 Å². The van der Waals surface area contributed by atoms with Gasteiger partial charge in [0.1, 0.15) is 24.0 Å². The van der Waals surface area contributed by atoms with Crippen molar-refractivity contribution in [2.24, 2.45) is 0 Å². The Morgan fingerprint density at radius 1 is 1.19 bits per heavy atom. The number of nitrogens with zero attached hydrogens (tertiary/aromatic N) is 1. The second-order valence-corrected chi connectivity index (χ2v) is 8.75. The van der Waals surface area contributed by atoms with Gasteiger partial charge in [0.2, 0.25) is 0 Å². The molecule has 13 heteroatoms. The number of amides is 2. The predicted octanol–water partition coefficient (Wildman–Crippen LogP) is 3.37. The van der Waals surface area contributed by atoms with Crippen LogP contribution in [0.15, 0.2) is 39.7 Å². The maximum absolute atomic E-state index is 12.5. The average molecular weight is 523 g/mol. The standard InChI is InChI=1S/C18H21BrF2N4O5S/c1-11-7-13(3-4-14(11)30-6-5-29-2)31(27,28)25-18(26)24-17-9-12(19)8-16(23-17)22-10-15(20)21/h3-4,7-9,15H,5-6,10H2,1-2H3,(H3,22,23,24,25,26). The number of aromatic nitrogens is 1. The van der Waals surface area contributed by atoms with Crippen molar-refractivity contribution in [3.05, 3.63) is 40.4 Å². The highest BCUT2D eigenvalue weighted by Gasteiger charge is 2.19. The van der Waals surface area contributed by atoms with Crippen LogP contribution < -0.4 is 20.1 Å². The molecule has 0 saturated carbocycles. The summed E-state index contributed by atoms with van der Waals surface area (Å²) in [6.45, 7) is 1.72. The van der Waals surface area contributed by atoms with E-state index in [1.807, 2.05) is 4.72 Å². The van der Waals surface area contributed by atoms with Crippen molar-refractivity contribution in [2.75, 3.05) is 37.5 Å². The van der Waals surface area contributed by atoms with E-state index >= 15 is 0 Å². The maximum Gasteiger partial charge on any atom is 0.334 e. The lowest BCUT2D eigenvalue weighted by molar-refractivity contribution is 0.146. The normalized spacial score (nSPS) is 11.3. The monoisotopic (exact) mass is 522 g/mol. The first-order valence-corrected chi connectivity index (χ1v) is 11.1. The minimum atomic E-state index is -4.18. The number of anilines is 2. The molecule has 0 aliphatic carbocycles. The van der Waals surface area contributed by atoms with Gasteiger partial charge in [-0.15, -0.1) is 0 Å². The van der Waals surface area contributed by atoms with E-state index in [2.05, 4.69) is 31.5 Å². The Kier molecular flexibility index (Phi) is 8.95. The Bertz CT molecular complexity index is 1020. The topological polar surface area (TPSA) is 119 Å². The number of carbonyl (C=O) groups excluding carboxylic acids is 1. The lowest BCUT2D eigenvalue weighted by Crippen LogP contribution is -2.34. The first-order chi connectivity index (χ1) is 14.6. The number of rotatable bonds is 10. The number of alkyl halides is 2. The number of benzene rings is 1. The summed E-state index contributed by atoms with van der Waals surface area (Å²) in [6, 6.07) is 5.89. The minimum absolute atomic E-state index is 0.0445. The molecule has 170 valence electrons. The second kappa shape index (κ2) is 11.2. The summed E-state index contributed by atoms with van der Waals surface area (Å²) >= 11 is 3.17. The molecule has 0 unspecified atom stereocenters. The maximum atomic E-state index is 12.5. The number of hydrogen-bond acceptors (Lipinski definition) is 7. The van der Waals surface area contributed by atoms with E-state index in [9.17, 15) is 22.0 Å².